The summed E-state index contributed by atoms with van der Waals surface area (Å²) >= 11 is 1.36. The summed E-state index contributed by atoms with van der Waals surface area (Å²) in [6.45, 7) is 0.592. The third kappa shape index (κ3) is 7.31. The Hall–Kier alpha value is -5.10. The van der Waals surface area contributed by atoms with Crippen molar-refractivity contribution in [3.63, 3.8) is 0 Å². The number of benzene rings is 2. The fraction of sp³-hybridized carbons (Fsp3) is 0.172. The van der Waals surface area contributed by atoms with E-state index in [1.807, 2.05) is 11.4 Å². The van der Waals surface area contributed by atoms with Crippen molar-refractivity contribution >= 4 is 40.4 Å². The second kappa shape index (κ2) is 13.8. The molecule has 0 aliphatic rings. The Morgan fingerprint density at radius 1 is 0.976 bits per heavy atom. The maximum Gasteiger partial charge on any atom is 0.277 e. The molecule has 0 bridgehead atoms. The van der Waals surface area contributed by atoms with Crippen LogP contribution in [0.3, 0.4) is 0 Å². The minimum absolute atomic E-state index is 0.155. The maximum atomic E-state index is 13.5. The number of thiophene rings is 1. The number of nitrogens with zero attached hydrogens (tertiary/aromatic N) is 2. The number of nitrogens with two attached hydrogens (primary N) is 1. The van der Waals surface area contributed by atoms with E-state index < -0.39 is 11.8 Å². The van der Waals surface area contributed by atoms with Crippen molar-refractivity contribution < 1.29 is 28.6 Å². The third-order valence-corrected chi connectivity index (χ3v) is 6.74. The first-order valence-electron chi connectivity index (χ1n) is 12.5. The van der Waals surface area contributed by atoms with Crippen LogP contribution in [0.5, 0.6) is 17.2 Å². The summed E-state index contributed by atoms with van der Waals surface area (Å²) in [6, 6.07) is 16.2. The summed E-state index contributed by atoms with van der Waals surface area (Å²) in [7, 11) is 3.02. The second-order valence-corrected chi connectivity index (χ2v) is 9.49. The molecule has 0 aliphatic carbocycles. The summed E-state index contributed by atoms with van der Waals surface area (Å²) in [5, 5.41) is 5.71. The highest BCUT2D eigenvalue weighted by Gasteiger charge is 2.25. The van der Waals surface area contributed by atoms with Gasteiger partial charge in [0.15, 0.2) is 0 Å². The fourth-order valence-electron chi connectivity index (χ4n) is 3.72. The molecule has 0 saturated heterocycles. The molecular weight excluding hydrogens is 546 g/mol. The van der Waals surface area contributed by atoms with Crippen LogP contribution in [-0.4, -0.2) is 50.1 Å². The Balaban J connectivity index is 1.51. The van der Waals surface area contributed by atoms with Gasteiger partial charge in [-0.05, 0) is 60.3 Å². The van der Waals surface area contributed by atoms with Crippen molar-refractivity contribution in [1.82, 2.24) is 15.7 Å². The largest absolute Gasteiger partial charge is 0.497 e. The van der Waals surface area contributed by atoms with Crippen LogP contribution in [0.2, 0.25) is 0 Å². The molecule has 41 heavy (non-hydrogen) atoms. The van der Waals surface area contributed by atoms with Crippen LogP contribution in [0.4, 0.5) is 11.4 Å². The quantitative estimate of drug-likeness (QED) is 0.180. The van der Waals surface area contributed by atoms with Gasteiger partial charge in [0.1, 0.15) is 22.9 Å². The van der Waals surface area contributed by atoms with Gasteiger partial charge in [-0.25, -0.2) is 5.01 Å². The molecule has 0 radical (unpaired) electrons. The summed E-state index contributed by atoms with van der Waals surface area (Å²) < 4.78 is 16.4. The number of ether oxygens (including phenoxy) is 3. The van der Waals surface area contributed by atoms with Crippen molar-refractivity contribution in [3.8, 4) is 17.2 Å². The van der Waals surface area contributed by atoms with E-state index in [1.165, 1.54) is 50.1 Å². The van der Waals surface area contributed by atoms with E-state index in [9.17, 15) is 14.4 Å². The van der Waals surface area contributed by atoms with Gasteiger partial charge < -0.3 is 25.3 Å². The highest BCUT2D eigenvalue weighted by Crippen LogP contribution is 2.27. The Morgan fingerprint density at radius 3 is 2.41 bits per heavy atom. The smallest absolute Gasteiger partial charge is 0.277 e. The zero-order valence-electron chi connectivity index (χ0n) is 22.5. The van der Waals surface area contributed by atoms with Gasteiger partial charge >= 0.3 is 0 Å². The number of anilines is 2. The van der Waals surface area contributed by atoms with Gasteiger partial charge in [-0.1, -0.05) is 6.07 Å². The van der Waals surface area contributed by atoms with Crippen LogP contribution in [0.15, 0.2) is 78.4 Å². The molecule has 3 amide bonds. The molecule has 4 rings (SSSR count). The number of hydrogen-bond donors (Lipinski definition) is 3. The van der Waals surface area contributed by atoms with Crippen LogP contribution in [0.25, 0.3) is 0 Å². The number of carbonyl (C=O) groups excluding carboxylic acids is 3. The van der Waals surface area contributed by atoms with E-state index in [-0.39, 0.29) is 40.8 Å². The number of methoxy groups -OCH3 is 2. The summed E-state index contributed by atoms with van der Waals surface area (Å²) in [5.41, 5.74) is 9.65. The minimum atomic E-state index is -0.626. The lowest BCUT2D eigenvalue weighted by atomic mass is 10.1. The first-order chi connectivity index (χ1) is 19.9. The molecule has 0 atom stereocenters. The molecule has 0 aliphatic heterocycles. The number of pyridine rings is 1. The average Bonchev–Trinajstić information content (AvgIpc) is 3.55. The summed E-state index contributed by atoms with van der Waals surface area (Å²) in [4.78, 5) is 43.9. The van der Waals surface area contributed by atoms with Gasteiger partial charge in [-0.3, -0.25) is 24.8 Å². The lowest BCUT2D eigenvalue weighted by Gasteiger charge is -2.25. The number of hydrazine groups is 1. The lowest BCUT2D eigenvalue weighted by molar-refractivity contribution is 0.0885. The molecule has 11 nitrogen and oxygen atoms in total. The molecule has 0 unspecified atom stereocenters. The van der Waals surface area contributed by atoms with Crippen molar-refractivity contribution in [2.75, 3.05) is 38.1 Å². The second-order valence-electron chi connectivity index (χ2n) is 8.54. The number of nitrogens with one attached hydrogen (secondary N) is 2. The summed E-state index contributed by atoms with van der Waals surface area (Å²) in [5.74, 6) is -0.0357. The van der Waals surface area contributed by atoms with Crippen LogP contribution < -0.4 is 35.7 Å². The Morgan fingerprint density at radius 2 is 1.73 bits per heavy atom. The molecule has 2 aromatic carbocycles. The van der Waals surface area contributed by atoms with Crippen LogP contribution in [0, 0.1) is 0 Å². The number of aromatic nitrogens is 1. The zero-order chi connectivity index (χ0) is 29.2. The molecular formula is C29H29N5O6S. The fourth-order valence-corrected chi connectivity index (χ4v) is 4.36. The van der Waals surface area contributed by atoms with Crippen molar-refractivity contribution in [2.45, 2.75) is 6.42 Å². The van der Waals surface area contributed by atoms with Crippen molar-refractivity contribution in [3.05, 3.63) is 94.4 Å². The third-order valence-electron chi connectivity index (χ3n) is 5.87. The number of carbonyl (C=O) groups is 3. The molecule has 2 heterocycles. The average molecular weight is 576 g/mol. The SMILES string of the molecule is COc1ccc(C(=O)N(NC(=O)c2ccc(OC)cc2OCCCNC(=O)c2cccs2)c2cnccc2N)cc1. The van der Waals surface area contributed by atoms with Crippen molar-refractivity contribution in [2.24, 2.45) is 0 Å². The highest BCUT2D eigenvalue weighted by atomic mass is 32.1. The van der Waals surface area contributed by atoms with E-state index in [2.05, 4.69) is 15.7 Å². The van der Waals surface area contributed by atoms with E-state index in [0.29, 0.717) is 29.3 Å². The number of nitrogen functional groups attached to an aromatic ring is 1. The Kier molecular flexibility index (Phi) is 9.73. The Bertz CT molecular complexity index is 1490. The minimum Gasteiger partial charge on any atom is -0.497 e. The molecule has 2 aromatic heterocycles. The van der Waals surface area contributed by atoms with Gasteiger partial charge in [-0.2, -0.15) is 0 Å². The lowest BCUT2D eigenvalue weighted by Crippen LogP contribution is -2.47. The predicted octanol–water partition coefficient (Wildman–Crippen LogP) is 3.93. The predicted molar refractivity (Wildman–Crippen MR) is 156 cm³/mol. The van der Waals surface area contributed by atoms with Crippen LogP contribution >= 0.6 is 11.3 Å². The molecule has 0 spiro atoms. The van der Waals surface area contributed by atoms with E-state index >= 15 is 0 Å². The molecule has 4 N–H and O–H groups in total. The molecule has 12 heteroatoms. The first kappa shape index (κ1) is 28.9. The molecule has 212 valence electrons. The number of rotatable bonds is 11. The van der Waals surface area contributed by atoms with Crippen LogP contribution in [0.1, 0.15) is 36.8 Å². The highest BCUT2D eigenvalue weighted by molar-refractivity contribution is 7.12. The summed E-state index contributed by atoms with van der Waals surface area (Å²) in [6.07, 6.45) is 3.35. The van der Waals surface area contributed by atoms with Crippen LogP contribution in [-0.2, 0) is 0 Å². The van der Waals surface area contributed by atoms with Crippen molar-refractivity contribution in [1.29, 1.82) is 0 Å². The van der Waals surface area contributed by atoms with E-state index in [1.54, 1.807) is 42.5 Å². The monoisotopic (exact) mass is 575 g/mol. The Labute approximate surface area is 240 Å². The van der Waals surface area contributed by atoms with E-state index in [0.717, 1.165) is 5.01 Å². The van der Waals surface area contributed by atoms with Gasteiger partial charge in [-0.15, -0.1) is 11.3 Å². The topological polar surface area (TPSA) is 145 Å². The number of amides is 3. The number of hydrogen-bond acceptors (Lipinski definition) is 9. The van der Waals surface area contributed by atoms with Gasteiger partial charge in [0.25, 0.3) is 17.7 Å². The normalized spacial score (nSPS) is 10.4. The maximum absolute atomic E-state index is 13.5. The molecule has 4 aromatic rings. The van der Waals surface area contributed by atoms with E-state index in [4.69, 9.17) is 19.9 Å². The molecule has 0 fully saturated rings. The van der Waals surface area contributed by atoms with Gasteiger partial charge in [0, 0.05) is 24.4 Å². The molecule has 0 saturated carbocycles. The first-order valence-corrected chi connectivity index (χ1v) is 13.4. The zero-order valence-corrected chi connectivity index (χ0v) is 23.3. The standard InChI is InChI=1S/C29H29N5O6S/c1-38-20-8-6-19(7-9-20)29(37)34(24-18-31-14-12-23(24)30)33-27(35)22-11-10-21(39-2)17-25(22)40-15-4-13-32-28(36)26-5-3-16-41-26/h3,5-12,14,16-18H,4,13,15H2,1-2H3,(H2,30,31)(H,32,36)(H,33,35). The van der Waals surface area contributed by atoms with Gasteiger partial charge in [0.05, 0.1) is 43.2 Å². The van der Waals surface area contributed by atoms with Gasteiger partial charge in [0.2, 0.25) is 0 Å².